The van der Waals surface area contributed by atoms with Crippen LogP contribution in [0.1, 0.15) is 34.9 Å². The Hall–Kier alpha value is -3.46. The summed E-state index contributed by atoms with van der Waals surface area (Å²) in [6.07, 6.45) is 8.66. The number of rotatable bonds is 5. The Labute approximate surface area is 164 Å². The molecule has 0 aromatic carbocycles. The fourth-order valence-corrected chi connectivity index (χ4v) is 3.66. The van der Waals surface area contributed by atoms with E-state index in [0.29, 0.717) is 28.1 Å². The number of nitrogens with one attached hydrogen (secondary N) is 2. The summed E-state index contributed by atoms with van der Waals surface area (Å²) in [5.41, 5.74) is 3.28. The Morgan fingerprint density at radius 1 is 1.11 bits per heavy atom. The summed E-state index contributed by atoms with van der Waals surface area (Å²) < 4.78 is 0. The number of fused-ring (bicyclic) bond motifs is 1. The SMILES string of the molecule is O=C(Nc1nc2cccnc2s1)c1nc(C2CC2)ccc1Nc1cncnc1. The van der Waals surface area contributed by atoms with Gasteiger partial charge in [0.2, 0.25) is 0 Å². The topological polar surface area (TPSA) is 106 Å². The molecule has 1 amide bonds. The molecule has 0 atom stereocenters. The van der Waals surface area contributed by atoms with E-state index in [-0.39, 0.29) is 5.91 Å². The number of anilines is 3. The van der Waals surface area contributed by atoms with Crippen molar-refractivity contribution in [2.75, 3.05) is 10.6 Å². The molecule has 28 heavy (non-hydrogen) atoms. The first-order chi connectivity index (χ1) is 13.8. The maximum atomic E-state index is 13.0. The molecule has 9 heteroatoms. The number of nitrogens with zero attached hydrogens (tertiary/aromatic N) is 5. The quantitative estimate of drug-likeness (QED) is 0.535. The Balaban J connectivity index is 1.47. The van der Waals surface area contributed by atoms with Crippen molar-refractivity contribution < 1.29 is 4.79 Å². The monoisotopic (exact) mass is 389 g/mol. The summed E-state index contributed by atoms with van der Waals surface area (Å²) in [4.78, 5) is 35.1. The van der Waals surface area contributed by atoms with Crippen molar-refractivity contribution in [3.05, 3.63) is 60.6 Å². The van der Waals surface area contributed by atoms with Crippen molar-refractivity contribution in [3.63, 3.8) is 0 Å². The molecule has 0 unspecified atom stereocenters. The molecule has 1 aliphatic carbocycles. The summed E-state index contributed by atoms with van der Waals surface area (Å²) in [5, 5.41) is 6.52. The lowest BCUT2D eigenvalue weighted by Crippen LogP contribution is -2.16. The highest BCUT2D eigenvalue weighted by Crippen LogP contribution is 2.39. The number of hydrogen-bond donors (Lipinski definition) is 2. The molecular formula is C19H15N7OS. The molecule has 4 aromatic heterocycles. The van der Waals surface area contributed by atoms with Gasteiger partial charge in [-0.3, -0.25) is 10.1 Å². The standard InChI is InChI=1S/C19H15N7OS/c27-17(26-19-25-15-2-1-7-22-18(15)28-19)16-14(23-12-8-20-10-21-9-12)6-5-13(24-16)11-3-4-11/h1-2,5-11,23H,3-4H2,(H,25,26,27). The average molecular weight is 389 g/mol. The van der Waals surface area contributed by atoms with Crippen molar-refractivity contribution >= 4 is 44.1 Å². The average Bonchev–Trinajstić information content (AvgIpc) is 3.49. The third-order valence-electron chi connectivity index (χ3n) is 4.35. The molecular weight excluding hydrogens is 374 g/mol. The van der Waals surface area contributed by atoms with Crippen LogP contribution in [0.2, 0.25) is 0 Å². The van der Waals surface area contributed by atoms with E-state index in [1.807, 2.05) is 24.3 Å². The molecule has 0 spiro atoms. The molecule has 8 nitrogen and oxygen atoms in total. The summed E-state index contributed by atoms with van der Waals surface area (Å²) in [6.45, 7) is 0. The van der Waals surface area contributed by atoms with Gasteiger partial charge in [0.05, 0.1) is 23.8 Å². The van der Waals surface area contributed by atoms with Crippen molar-refractivity contribution in [2.24, 2.45) is 0 Å². The smallest absolute Gasteiger partial charge is 0.278 e. The first kappa shape index (κ1) is 16.7. The summed E-state index contributed by atoms with van der Waals surface area (Å²) in [7, 11) is 0. The molecule has 0 saturated heterocycles. The van der Waals surface area contributed by atoms with E-state index in [1.165, 1.54) is 17.7 Å². The van der Waals surface area contributed by atoms with Gasteiger partial charge in [-0.2, -0.15) is 0 Å². The zero-order valence-corrected chi connectivity index (χ0v) is 15.5. The van der Waals surface area contributed by atoms with Crippen molar-refractivity contribution in [3.8, 4) is 0 Å². The molecule has 1 aliphatic rings. The lowest BCUT2D eigenvalue weighted by molar-refractivity contribution is 0.102. The van der Waals surface area contributed by atoms with Crippen LogP contribution < -0.4 is 10.6 Å². The number of carbonyl (C=O) groups is 1. The largest absolute Gasteiger partial charge is 0.351 e. The summed E-state index contributed by atoms with van der Waals surface area (Å²) in [5.74, 6) is 0.119. The summed E-state index contributed by atoms with van der Waals surface area (Å²) in [6, 6.07) is 7.52. The molecule has 1 fully saturated rings. The van der Waals surface area contributed by atoms with E-state index in [2.05, 4.69) is 35.6 Å². The van der Waals surface area contributed by atoms with Crippen molar-refractivity contribution in [1.82, 2.24) is 24.9 Å². The maximum Gasteiger partial charge on any atom is 0.278 e. The number of pyridine rings is 2. The van der Waals surface area contributed by atoms with Gasteiger partial charge in [-0.15, -0.1) is 0 Å². The second kappa shape index (κ2) is 6.93. The highest BCUT2D eigenvalue weighted by Gasteiger charge is 2.27. The van der Waals surface area contributed by atoms with Crippen LogP contribution in [0.5, 0.6) is 0 Å². The van der Waals surface area contributed by atoms with Gasteiger partial charge in [-0.05, 0) is 37.1 Å². The van der Waals surface area contributed by atoms with Gasteiger partial charge in [0.15, 0.2) is 10.8 Å². The number of amides is 1. The molecule has 0 radical (unpaired) electrons. The number of carbonyl (C=O) groups excluding carboxylic acids is 1. The van der Waals surface area contributed by atoms with E-state index in [4.69, 9.17) is 0 Å². The van der Waals surface area contributed by atoms with E-state index in [0.717, 1.165) is 28.9 Å². The molecule has 0 aliphatic heterocycles. The van der Waals surface area contributed by atoms with Gasteiger partial charge >= 0.3 is 0 Å². The minimum absolute atomic E-state index is 0.319. The van der Waals surface area contributed by atoms with Crippen LogP contribution in [0.15, 0.2) is 49.2 Å². The van der Waals surface area contributed by atoms with E-state index >= 15 is 0 Å². The summed E-state index contributed by atoms with van der Waals surface area (Å²) >= 11 is 1.33. The lowest BCUT2D eigenvalue weighted by atomic mass is 10.2. The number of thiazole rings is 1. The van der Waals surface area contributed by atoms with Gasteiger partial charge in [0.25, 0.3) is 5.91 Å². The van der Waals surface area contributed by atoms with Crippen LogP contribution >= 0.6 is 11.3 Å². The molecule has 138 valence electrons. The first-order valence-corrected chi connectivity index (χ1v) is 9.64. The lowest BCUT2D eigenvalue weighted by Gasteiger charge is -2.12. The van der Waals surface area contributed by atoms with E-state index in [9.17, 15) is 4.79 Å². The zero-order chi connectivity index (χ0) is 18.9. The van der Waals surface area contributed by atoms with Crippen LogP contribution in [0, 0.1) is 0 Å². The van der Waals surface area contributed by atoms with E-state index in [1.54, 1.807) is 18.6 Å². The molecule has 1 saturated carbocycles. The van der Waals surface area contributed by atoms with Gasteiger partial charge in [0.1, 0.15) is 16.7 Å². The predicted molar refractivity (Wildman–Crippen MR) is 107 cm³/mol. The predicted octanol–water partition coefficient (Wildman–Crippen LogP) is 3.75. The van der Waals surface area contributed by atoms with Crippen LogP contribution in [-0.2, 0) is 0 Å². The number of aromatic nitrogens is 5. The Morgan fingerprint density at radius 3 is 2.75 bits per heavy atom. The minimum Gasteiger partial charge on any atom is -0.351 e. The van der Waals surface area contributed by atoms with Crippen molar-refractivity contribution in [1.29, 1.82) is 0 Å². The second-order valence-electron chi connectivity index (χ2n) is 6.46. The van der Waals surface area contributed by atoms with Gasteiger partial charge in [-0.25, -0.2) is 24.9 Å². The van der Waals surface area contributed by atoms with Crippen molar-refractivity contribution in [2.45, 2.75) is 18.8 Å². The Bertz CT molecular complexity index is 1120. The second-order valence-corrected chi connectivity index (χ2v) is 7.44. The first-order valence-electron chi connectivity index (χ1n) is 8.82. The molecule has 2 N–H and O–H groups in total. The van der Waals surface area contributed by atoms with Gasteiger partial charge in [0, 0.05) is 17.8 Å². The van der Waals surface area contributed by atoms with Gasteiger partial charge < -0.3 is 5.32 Å². The molecule has 5 rings (SSSR count). The third-order valence-corrected chi connectivity index (χ3v) is 5.25. The Kier molecular flexibility index (Phi) is 4.13. The molecule has 0 bridgehead atoms. The highest BCUT2D eigenvalue weighted by molar-refractivity contribution is 7.21. The fraction of sp³-hybridized carbons (Fsp3) is 0.158. The van der Waals surface area contributed by atoms with Crippen LogP contribution in [0.25, 0.3) is 10.3 Å². The zero-order valence-electron chi connectivity index (χ0n) is 14.7. The molecule has 4 heterocycles. The third kappa shape index (κ3) is 3.39. The van der Waals surface area contributed by atoms with Crippen LogP contribution in [0.4, 0.5) is 16.5 Å². The highest BCUT2D eigenvalue weighted by atomic mass is 32.1. The fourth-order valence-electron chi connectivity index (χ4n) is 2.85. The maximum absolute atomic E-state index is 13.0. The van der Waals surface area contributed by atoms with Gasteiger partial charge in [-0.1, -0.05) is 11.3 Å². The van der Waals surface area contributed by atoms with Crippen LogP contribution in [0.3, 0.4) is 0 Å². The normalized spacial score (nSPS) is 13.4. The molecule has 4 aromatic rings. The minimum atomic E-state index is -0.319. The van der Waals surface area contributed by atoms with Crippen LogP contribution in [-0.4, -0.2) is 30.8 Å². The number of hydrogen-bond acceptors (Lipinski definition) is 8. The Morgan fingerprint density at radius 2 is 1.96 bits per heavy atom. The van der Waals surface area contributed by atoms with E-state index < -0.39 is 0 Å².